The van der Waals surface area contributed by atoms with Crippen LogP contribution in [0.3, 0.4) is 0 Å². The molecule has 0 aromatic rings. The fourth-order valence-electron chi connectivity index (χ4n) is 11.2. The van der Waals surface area contributed by atoms with Gasteiger partial charge in [0.15, 0.2) is 12.2 Å². The standard InChI is InChI=1S/C73H142O17P2/c1-6-9-12-15-18-21-23-25-26-27-28-29-30-31-33-39-44-49-54-59-73(78)90-69(63-84-71(76)57-52-47-42-37-35-34-36-40-45-50-55-66(4)5)65-88-92(81,82)86-61-67(74)60-85-91(79,80)87-64-68(62-83-70(75)56-51-46-41-20-17-14-11-8-3)89-72(77)58-53-48-43-38-32-24-22-19-16-13-10-7-2/h66-69,74H,6-65H2,1-5H3,(H,79,80)(H,81,82)/t67-,68+,69+/m0/s1. The number of ether oxygens (including phenoxy) is 4. The molecular weight excluding hydrogens is 1210 g/mol. The van der Waals surface area contributed by atoms with Crippen LogP contribution in [0.25, 0.3) is 0 Å². The third-order valence-electron chi connectivity index (χ3n) is 17.0. The first-order valence-electron chi connectivity index (χ1n) is 38.1. The monoisotopic (exact) mass is 1350 g/mol. The van der Waals surface area contributed by atoms with E-state index in [1.165, 1.54) is 199 Å². The van der Waals surface area contributed by atoms with Gasteiger partial charge in [0.25, 0.3) is 0 Å². The molecule has 0 radical (unpaired) electrons. The Kier molecular flexibility index (Phi) is 64.9. The number of aliphatic hydroxyl groups is 1. The third-order valence-corrected chi connectivity index (χ3v) is 18.9. The Morgan fingerprint density at radius 3 is 0.739 bits per heavy atom. The van der Waals surface area contributed by atoms with Crippen LogP contribution in [0.4, 0.5) is 0 Å². The minimum atomic E-state index is -4.95. The fourth-order valence-corrected chi connectivity index (χ4v) is 12.8. The summed E-state index contributed by atoms with van der Waals surface area (Å²) in [5.74, 6) is -1.36. The van der Waals surface area contributed by atoms with Gasteiger partial charge in [-0.05, 0) is 31.6 Å². The summed E-state index contributed by atoms with van der Waals surface area (Å²) in [6, 6.07) is 0. The molecule has 0 bridgehead atoms. The summed E-state index contributed by atoms with van der Waals surface area (Å²) in [6.07, 6.45) is 54.1. The van der Waals surface area contributed by atoms with Gasteiger partial charge >= 0.3 is 39.5 Å². The molecule has 0 rings (SSSR count). The summed E-state index contributed by atoms with van der Waals surface area (Å²) in [5.41, 5.74) is 0. The zero-order valence-electron chi connectivity index (χ0n) is 59.7. The van der Waals surface area contributed by atoms with Crippen molar-refractivity contribution in [1.29, 1.82) is 0 Å². The normalized spacial score (nSPS) is 14.0. The fraction of sp³-hybridized carbons (Fsp3) is 0.945. The van der Waals surface area contributed by atoms with Crippen LogP contribution in [-0.4, -0.2) is 96.7 Å². The average Bonchev–Trinajstić information content (AvgIpc) is 1.77. The number of hydrogen-bond acceptors (Lipinski definition) is 15. The molecule has 5 atom stereocenters. The van der Waals surface area contributed by atoms with E-state index in [9.17, 15) is 43.2 Å². The quantitative estimate of drug-likeness (QED) is 0.0222. The minimum absolute atomic E-state index is 0.107. The van der Waals surface area contributed by atoms with Gasteiger partial charge in [-0.3, -0.25) is 37.3 Å². The van der Waals surface area contributed by atoms with Gasteiger partial charge in [0.05, 0.1) is 26.4 Å². The molecule has 0 aliphatic rings. The van der Waals surface area contributed by atoms with Gasteiger partial charge in [-0.2, -0.15) is 0 Å². The van der Waals surface area contributed by atoms with Crippen molar-refractivity contribution in [3.05, 3.63) is 0 Å². The van der Waals surface area contributed by atoms with Gasteiger partial charge in [0, 0.05) is 25.7 Å². The number of phosphoric ester groups is 2. The largest absolute Gasteiger partial charge is 0.472 e. The van der Waals surface area contributed by atoms with Crippen LogP contribution >= 0.6 is 15.6 Å². The molecule has 0 heterocycles. The predicted molar refractivity (Wildman–Crippen MR) is 372 cm³/mol. The zero-order chi connectivity index (χ0) is 67.7. The first-order chi connectivity index (χ1) is 44.5. The summed E-state index contributed by atoms with van der Waals surface area (Å²) in [5, 5.41) is 10.6. The van der Waals surface area contributed by atoms with Crippen LogP contribution in [0, 0.1) is 5.92 Å². The van der Waals surface area contributed by atoms with E-state index < -0.39 is 97.5 Å². The summed E-state index contributed by atoms with van der Waals surface area (Å²) in [4.78, 5) is 72.6. The number of esters is 4. The molecular formula is C73H142O17P2. The van der Waals surface area contributed by atoms with Crippen LogP contribution in [0.1, 0.15) is 381 Å². The molecule has 19 heteroatoms. The Morgan fingerprint density at radius 2 is 0.500 bits per heavy atom. The molecule has 0 saturated heterocycles. The molecule has 0 aromatic heterocycles. The van der Waals surface area contributed by atoms with Gasteiger partial charge in [-0.15, -0.1) is 0 Å². The molecule has 0 aromatic carbocycles. The zero-order valence-corrected chi connectivity index (χ0v) is 61.5. The second-order valence-electron chi connectivity index (χ2n) is 26.8. The van der Waals surface area contributed by atoms with Crippen LogP contribution in [-0.2, 0) is 65.4 Å². The highest BCUT2D eigenvalue weighted by atomic mass is 31.2. The van der Waals surface area contributed by atoms with Crippen molar-refractivity contribution in [3.63, 3.8) is 0 Å². The number of carbonyl (C=O) groups is 4. The molecule has 0 fully saturated rings. The molecule has 0 aliphatic carbocycles. The SMILES string of the molecule is CCCCCCCCCCCCCCCCCCCCCC(=O)O[C@H](COC(=O)CCCCCCCCCCCCC(C)C)COP(=O)(O)OC[C@@H](O)COP(=O)(O)OC[C@@H](COC(=O)CCCCCCCCCC)OC(=O)CCCCCCCCCCCCCC. The first-order valence-corrected chi connectivity index (χ1v) is 41.1. The van der Waals surface area contributed by atoms with Crippen molar-refractivity contribution in [1.82, 2.24) is 0 Å². The first kappa shape index (κ1) is 90.1. The lowest BCUT2D eigenvalue weighted by Gasteiger charge is -2.21. The summed E-state index contributed by atoms with van der Waals surface area (Å²) >= 11 is 0. The topological polar surface area (TPSA) is 237 Å². The van der Waals surface area contributed by atoms with Crippen molar-refractivity contribution in [3.8, 4) is 0 Å². The van der Waals surface area contributed by atoms with Gasteiger partial charge in [-0.25, -0.2) is 9.13 Å². The Hall–Kier alpha value is -1.94. The van der Waals surface area contributed by atoms with E-state index in [1.54, 1.807) is 0 Å². The lowest BCUT2D eigenvalue weighted by Crippen LogP contribution is -2.30. The molecule has 0 amide bonds. The summed E-state index contributed by atoms with van der Waals surface area (Å²) in [6.45, 7) is 7.24. The maximum absolute atomic E-state index is 13.1. The van der Waals surface area contributed by atoms with Gasteiger partial charge in [0.1, 0.15) is 19.3 Å². The summed E-state index contributed by atoms with van der Waals surface area (Å²) < 4.78 is 68.3. The number of aliphatic hydroxyl groups excluding tert-OH is 1. The molecule has 0 aliphatic heterocycles. The Labute approximate surface area is 562 Å². The van der Waals surface area contributed by atoms with E-state index in [-0.39, 0.29) is 25.7 Å². The lowest BCUT2D eigenvalue weighted by molar-refractivity contribution is -0.161. The molecule has 17 nitrogen and oxygen atoms in total. The van der Waals surface area contributed by atoms with Crippen molar-refractivity contribution in [2.45, 2.75) is 400 Å². The molecule has 0 spiro atoms. The predicted octanol–water partition coefficient (Wildman–Crippen LogP) is 21.3. The van der Waals surface area contributed by atoms with Gasteiger partial charge < -0.3 is 33.8 Å². The second-order valence-corrected chi connectivity index (χ2v) is 29.7. The smallest absolute Gasteiger partial charge is 0.462 e. The van der Waals surface area contributed by atoms with Crippen LogP contribution in [0.15, 0.2) is 0 Å². The van der Waals surface area contributed by atoms with Gasteiger partial charge in [-0.1, -0.05) is 330 Å². The molecule has 2 unspecified atom stereocenters. The number of carbonyl (C=O) groups excluding carboxylic acids is 4. The maximum Gasteiger partial charge on any atom is 0.472 e. The average molecular weight is 1350 g/mol. The minimum Gasteiger partial charge on any atom is -0.462 e. The van der Waals surface area contributed by atoms with Crippen molar-refractivity contribution in [2.24, 2.45) is 5.92 Å². The lowest BCUT2D eigenvalue weighted by atomic mass is 10.0. The van der Waals surface area contributed by atoms with Crippen LogP contribution in [0.5, 0.6) is 0 Å². The van der Waals surface area contributed by atoms with Gasteiger partial charge in [0.2, 0.25) is 0 Å². The molecule has 0 saturated carbocycles. The van der Waals surface area contributed by atoms with Crippen molar-refractivity contribution < 1.29 is 80.2 Å². The highest BCUT2D eigenvalue weighted by Gasteiger charge is 2.30. The van der Waals surface area contributed by atoms with Crippen molar-refractivity contribution >= 4 is 39.5 Å². The van der Waals surface area contributed by atoms with E-state index in [0.717, 1.165) is 102 Å². The molecule has 3 N–H and O–H groups in total. The third kappa shape index (κ3) is 66.7. The van der Waals surface area contributed by atoms with E-state index in [2.05, 4.69) is 34.6 Å². The Balaban J connectivity index is 5.19. The molecule has 92 heavy (non-hydrogen) atoms. The van der Waals surface area contributed by atoms with Crippen LogP contribution in [0.2, 0.25) is 0 Å². The maximum atomic E-state index is 13.1. The highest BCUT2D eigenvalue weighted by molar-refractivity contribution is 7.47. The number of hydrogen-bond donors (Lipinski definition) is 3. The Bertz CT molecular complexity index is 1770. The summed E-state index contributed by atoms with van der Waals surface area (Å²) in [7, 11) is -9.90. The highest BCUT2D eigenvalue weighted by Crippen LogP contribution is 2.45. The van der Waals surface area contributed by atoms with Crippen molar-refractivity contribution in [2.75, 3.05) is 39.6 Å². The van der Waals surface area contributed by atoms with E-state index >= 15 is 0 Å². The number of phosphoric acid groups is 2. The van der Waals surface area contributed by atoms with E-state index in [4.69, 9.17) is 37.0 Å². The second kappa shape index (κ2) is 66.3. The Morgan fingerprint density at radius 1 is 0.293 bits per heavy atom. The van der Waals surface area contributed by atoms with E-state index in [1.807, 2.05) is 0 Å². The van der Waals surface area contributed by atoms with Crippen LogP contribution < -0.4 is 0 Å². The number of rotatable bonds is 73. The van der Waals surface area contributed by atoms with E-state index in [0.29, 0.717) is 25.7 Å². The molecule has 546 valence electrons. The number of unbranched alkanes of at least 4 members (excludes halogenated alkanes) is 45.